The first-order chi connectivity index (χ1) is 5.43. The highest BCUT2D eigenvalue weighted by atomic mass is 15.4. The summed E-state index contributed by atoms with van der Waals surface area (Å²) in [4.78, 5) is 0. The lowest BCUT2D eigenvalue weighted by Crippen LogP contribution is -2.19. The predicted octanol–water partition coefficient (Wildman–Crippen LogP) is 2.15. The molecule has 0 amide bonds. The first-order valence-electron chi connectivity index (χ1n) is 4.45. The largest absolute Gasteiger partial charge is 0.292 e. The SMILES string of the molecule is CN=NNCC1CCCCC1. The zero-order valence-electron chi connectivity index (χ0n) is 7.21. The van der Waals surface area contributed by atoms with Crippen molar-refractivity contribution in [1.82, 2.24) is 5.43 Å². The van der Waals surface area contributed by atoms with Crippen LogP contribution < -0.4 is 5.43 Å². The van der Waals surface area contributed by atoms with Crippen molar-refractivity contribution in [3.05, 3.63) is 0 Å². The molecule has 0 spiro atoms. The van der Waals surface area contributed by atoms with E-state index in [9.17, 15) is 0 Å². The average Bonchev–Trinajstić information content (AvgIpc) is 2.07. The molecule has 64 valence electrons. The van der Waals surface area contributed by atoms with Crippen molar-refractivity contribution in [1.29, 1.82) is 0 Å². The minimum atomic E-state index is 0.842. The van der Waals surface area contributed by atoms with E-state index in [1.54, 1.807) is 7.05 Å². The fourth-order valence-corrected chi connectivity index (χ4v) is 1.63. The lowest BCUT2D eigenvalue weighted by Gasteiger charge is -2.20. The molecule has 1 aliphatic carbocycles. The van der Waals surface area contributed by atoms with Crippen LogP contribution >= 0.6 is 0 Å². The quantitative estimate of drug-likeness (QED) is 0.492. The summed E-state index contributed by atoms with van der Waals surface area (Å²) in [5.41, 5.74) is 2.96. The summed E-state index contributed by atoms with van der Waals surface area (Å²) in [6, 6.07) is 0. The molecular formula is C8H17N3. The smallest absolute Gasteiger partial charge is 0.0509 e. The van der Waals surface area contributed by atoms with Gasteiger partial charge in [-0.05, 0) is 18.8 Å². The Balaban J connectivity index is 2.04. The highest BCUT2D eigenvalue weighted by Crippen LogP contribution is 2.22. The Kier molecular flexibility index (Phi) is 3.94. The van der Waals surface area contributed by atoms with Crippen LogP contribution in [0.5, 0.6) is 0 Å². The van der Waals surface area contributed by atoms with Gasteiger partial charge in [0.15, 0.2) is 0 Å². The molecule has 0 unspecified atom stereocenters. The third kappa shape index (κ3) is 3.35. The molecule has 11 heavy (non-hydrogen) atoms. The van der Waals surface area contributed by atoms with E-state index in [-0.39, 0.29) is 0 Å². The third-order valence-corrected chi connectivity index (χ3v) is 2.28. The molecule has 1 fully saturated rings. The van der Waals surface area contributed by atoms with Crippen LogP contribution in [0.25, 0.3) is 0 Å². The molecule has 0 aliphatic heterocycles. The van der Waals surface area contributed by atoms with E-state index in [1.165, 1.54) is 32.1 Å². The standard InChI is InChI=1S/C8H17N3/c1-9-11-10-7-8-5-3-2-4-6-8/h8H,2-7H2,1H3,(H,9,10). The molecular weight excluding hydrogens is 138 g/mol. The number of rotatable bonds is 3. The second kappa shape index (κ2) is 5.10. The van der Waals surface area contributed by atoms with Crippen LogP contribution in [0.15, 0.2) is 10.3 Å². The topological polar surface area (TPSA) is 36.8 Å². The van der Waals surface area contributed by atoms with Gasteiger partial charge in [0.1, 0.15) is 0 Å². The molecule has 1 N–H and O–H groups in total. The molecule has 0 radical (unpaired) electrons. The molecule has 0 aromatic heterocycles. The van der Waals surface area contributed by atoms with Gasteiger partial charge in [0.2, 0.25) is 0 Å². The fraction of sp³-hybridized carbons (Fsp3) is 1.00. The Morgan fingerprint density at radius 1 is 1.27 bits per heavy atom. The van der Waals surface area contributed by atoms with E-state index in [4.69, 9.17) is 0 Å². The van der Waals surface area contributed by atoms with Gasteiger partial charge in [0, 0.05) is 6.54 Å². The second-order valence-electron chi connectivity index (χ2n) is 3.17. The van der Waals surface area contributed by atoms with Gasteiger partial charge in [0.05, 0.1) is 7.05 Å². The van der Waals surface area contributed by atoms with E-state index in [1.807, 2.05) is 0 Å². The van der Waals surface area contributed by atoms with Gasteiger partial charge >= 0.3 is 0 Å². The molecule has 1 aliphatic rings. The van der Waals surface area contributed by atoms with Gasteiger partial charge in [-0.1, -0.05) is 24.5 Å². The van der Waals surface area contributed by atoms with E-state index in [0.29, 0.717) is 0 Å². The Labute approximate surface area is 68.3 Å². The van der Waals surface area contributed by atoms with Crippen LogP contribution in [0.3, 0.4) is 0 Å². The highest BCUT2D eigenvalue weighted by molar-refractivity contribution is 4.66. The normalized spacial score (nSPS) is 20.8. The number of hydrogen-bond acceptors (Lipinski definition) is 2. The van der Waals surface area contributed by atoms with Crippen molar-refractivity contribution in [2.45, 2.75) is 32.1 Å². The molecule has 0 atom stereocenters. The maximum Gasteiger partial charge on any atom is 0.0509 e. The average molecular weight is 155 g/mol. The highest BCUT2D eigenvalue weighted by Gasteiger charge is 2.11. The zero-order chi connectivity index (χ0) is 7.94. The molecule has 1 saturated carbocycles. The van der Waals surface area contributed by atoms with Gasteiger partial charge in [-0.3, -0.25) is 5.43 Å². The molecule has 3 heteroatoms. The second-order valence-corrected chi connectivity index (χ2v) is 3.17. The Hall–Kier alpha value is -0.600. The maximum absolute atomic E-state index is 3.74. The van der Waals surface area contributed by atoms with Crippen LogP contribution in [-0.2, 0) is 0 Å². The Morgan fingerprint density at radius 3 is 2.64 bits per heavy atom. The lowest BCUT2D eigenvalue weighted by atomic mass is 9.89. The Morgan fingerprint density at radius 2 is 2.00 bits per heavy atom. The van der Waals surface area contributed by atoms with Crippen molar-refractivity contribution in [2.75, 3.05) is 13.6 Å². The van der Waals surface area contributed by atoms with Crippen molar-refractivity contribution < 1.29 is 0 Å². The summed E-state index contributed by atoms with van der Waals surface area (Å²) >= 11 is 0. The fourth-order valence-electron chi connectivity index (χ4n) is 1.63. The molecule has 0 heterocycles. The van der Waals surface area contributed by atoms with Crippen molar-refractivity contribution >= 4 is 0 Å². The summed E-state index contributed by atoms with van der Waals surface area (Å²) < 4.78 is 0. The molecule has 0 aromatic rings. The number of nitrogens with one attached hydrogen (secondary N) is 1. The van der Waals surface area contributed by atoms with E-state index in [2.05, 4.69) is 15.8 Å². The van der Waals surface area contributed by atoms with E-state index < -0.39 is 0 Å². The van der Waals surface area contributed by atoms with Gasteiger partial charge in [-0.15, -0.1) is 0 Å². The summed E-state index contributed by atoms with van der Waals surface area (Å²) in [6.07, 6.45) is 6.95. The van der Waals surface area contributed by atoms with Crippen LogP contribution in [0.2, 0.25) is 0 Å². The summed E-state index contributed by atoms with van der Waals surface area (Å²) in [5, 5.41) is 7.37. The van der Waals surface area contributed by atoms with Gasteiger partial charge < -0.3 is 0 Å². The minimum Gasteiger partial charge on any atom is -0.292 e. The molecule has 0 saturated heterocycles. The first-order valence-corrected chi connectivity index (χ1v) is 4.45. The Bertz CT molecular complexity index is 117. The van der Waals surface area contributed by atoms with Crippen LogP contribution in [0, 0.1) is 5.92 Å². The van der Waals surface area contributed by atoms with Gasteiger partial charge in [0.25, 0.3) is 0 Å². The summed E-state index contributed by atoms with van der Waals surface area (Å²) in [7, 11) is 1.69. The zero-order valence-corrected chi connectivity index (χ0v) is 7.21. The van der Waals surface area contributed by atoms with Crippen LogP contribution in [0.1, 0.15) is 32.1 Å². The minimum absolute atomic E-state index is 0.842. The van der Waals surface area contributed by atoms with E-state index >= 15 is 0 Å². The lowest BCUT2D eigenvalue weighted by molar-refractivity contribution is 0.342. The van der Waals surface area contributed by atoms with E-state index in [0.717, 1.165) is 12.5 Å². The van der Waals surface area contributed by atoms with Gasteiger partial charge in [-0.2, -0.15) is 5.11 Å². The summed E-state index contributed by atoms with van der Waals surface area (Å²) in [5.74, 6) is 0.842. The van der Waals surface area contributed by atoms with Crippen molar-refractivity contribution in [3.63, 3.8) is 0 Å². The summed E-state index contributed by atoms with van der Waals surface area (Å²) in [6.45, 7) is 1.01. The van der Waals surface area contributed by atoms with Crippen LogP contribution in [-0.4, -0.2) is 13.6 Å². The van der Waals surface area contributed by atoms with Crippen LogP contribution in [0.4, 0.5) is 0 Å². The monoisotopic (exact) mass is 155 g/mol. The molecule has 1 rings (SSSR count). The first kappa shape index (κ1) is 8.50. The molecule has 0 bridgehead atoms. The van der Waals surface area contributed by atoms with Crippen molar-refractivity contribution in [3.8, 4) is 0 Å². The predicted molar refractivity (Wildman–Crippen MR) is 45.4 cm³/mol. The molecule has 0 aromatic carbocycles. The van der Waals surface area contributed by atoms with Crippen molar-refractivity contribution in [2.24, 2.45) is 16.3 Å². The van der Waals surface area contributed by atoms with Gasteiger partial charge in [-0.25, -0.2) is 0 Å². The number of hydrogen-bond donors (Lipinski definition) is 1. The maximum atomic E-state index is 3.74. The number of nitrogens with zero attached hydrogens (tertiary/aromatic N) is 2. The third-order valence-electron chi connectivity index (χ3n) is 2.28. The molecule has 3 nitrogen and oxygen atoms in total.